The minimum atomic E-state index is -0.404. The first kappa shape index (κ1) is 22.9. The minimum Gasteiger partial charge on any atom is -0.493 e. The van der Waals surface area contributed by atoms with Crippen molar-refractivity contribution in [3.63, 3.8) is 0 Å². The van der Waals surface area contributed by atoms with Gasteiger partial charge in [-0.05, 0) is 54.7 Å². The highest BCUT2D eigenvalue weighted by atomic mass is 32.1. The van der Waals surface area contributed by atoms with Gasteiger partial charge in [0, 0.05) is 16.2 Å². The Hall–Kier alpha value is -3.86. The molecule has 182 valence electrons. The molecule has 1 aliphatic carbocycles. The second kappa shape index (κ2) is 10.2. The van der Waals surface area contributed by atoms with Crippen LogP contribution in [0.2, 0.25) is 0 Å². The van der Waals surface area contributed by atoms with Crippen molar-refractivity contribution in [1.29, 1.82) is 0 Å². The van der Waals surface area contributed by atoms with Gasteiger partial charge in [-0.25, -0.2) is 0 Å². The summed E-state index contributed by atoms with van der Waals surface area (Å²) < 4.78 is 24.1. The van der Waals surface area contributed by atoms with Crippen LogP contribution in [0, 0.1) is 0 Å². The van der Waals surface area contributed by atoms with Gasteiger partial charge in [-0.3, -0.25) is 10.1 Å². The van der Waals surface area contributed by atoms with E-state index in [0.717, 1.165) is 34.2 Å². The van der Waals surface area contributed by atoms with Gasteiger partial charge in [-0.1, -0.05) is 17.2 Å². The number of hydrogen-bond donors (Lipinski definition) is 2. The molecule has 2 aromatic carbocycles. The van der Waals surface area contributed by atoms with E-state index in [1.165, 1.54) is 24.2 Å². The average Bonchev–Trinajstić information content (AvgIpc) is 3.64. The maximum absolute atomic E-state index is 13.1. The molecular formula is C24H25N5O5S. The number of tetrazole rings is 1. The molecule has 35 heavy (non-hydrogen) atoms. The van der Waals surface area contributed by atoms with Crippen LogP contribution >= 0.6 is 11.3 Å². The third-order valence-electron chi connectivity index (χ3n) is 5.81. The van der Waals surface area contributed by atoms with Crippen molar-refractivity contribution in [3.8, 4) is 23.0 Å². The predicted molar refractivity (Wildman–Crippen MR) is 131 cm³/mol. The molecule has 2 heterocycles. The van der Waals surface area contributed by atoms with Crippen LogP contribution in [0.4, 0.5) is 5.95 Å². The van der Waals surface area contributed by atoms with Crippen LogP contribution in [-0.4, -0.2) is 46.9 Å². The van der Waals surface area contributed by atoms with Crippen molar-refractivity contribution in [2.75, 3.05) is 19.5 Å². The van der Waals surface area contributed by atoms with Crippen molar-refractivity contribution in [1.82, 2.24) is 20.6 Å². The van der Waals surface area contributed by atoms with Crippen molar-refractivity contribution in [2.24, 2.45) is 0 Å². The number of aromatic nitrogens is 4. The fourth-order valence-corrected chi connectivity index (χ4v) is 5.18. The Morgan fingerprint density at radius 2 is 1.94 bits per heavy atom. The lowest BCUT2D eigenvalue weighted by molar-refractivity contribution is 0.102. The standard InChI is InChI=1S/C24H25N5O5S/c1-31-18-11-17-20(12-19(18)32-2)35-22(23(30)25-24-26-28-29-27-24)21(17)33-13-14-6-5-9-16(10-14)34-15-7-3-4-8-15/h5-6,9-12,15H,3-4,7-8,13H2,1-2H3,(H2,25,26,27,28,29,30). The number of methoxy groups -OCH3 is 2. The Bertz CT molecular complexity index is 1320. The number of amides is 1. The zero-order valence-electron chi connectivity index (χ0n) is 19.4. The van der Waals surface area contributed by atoms with Crippen molar-refractivity contribution in [3.05, 3.63) is 46.8 Å². The molecule has 0 unspecified atom stereocenters. The van der Waals surface area contributed by atoms with E-state index in [1.54, 1.807) is 14.2 Å². The second-order valence-electron chi connectivity index (χ2n) is 8.11. The molecule has 11 heteroatoms. The zero-order valence-corrected chi connectivity index (χ0v) is 20.2. The number of ether oxygens (including phenoxy) is 4. The quantitative estimate of drug-likeness (QED) is 0.346. The van der Waals surface area contributed by atoms with Crippen molar-refractivity contribution in [2.45, 2.75) is 38.4 Å². The smallest absolute Gasteiger partial charge is 0.272 e. The normalized spacial score (nSPS) is 13.7. The Balaban J connectivity index is 1.44. The molecule has 1 amide bonds. The number of fused-ring (bicyclic) bond motifs is 1. The average molecular weight is 496 g/mol. The molecule has 0 aliphatic heterocycles. The van der Waals surface area contributed by atoms with Gasteiger partial charge in [0.1, 0.15) is 17.2 Å². The molecule has 5 rings (SSSR count). The van der Waals surface area contributed by atoms with Crippen LogP contribution < -0.4 is 24.3 Å². The number of rotatable bonds is 9. The molecular weight excluding hydrogens is 470 g/mol. The molecule has 10 nitrogen and oxygen atoms in total. The van der Waals surface area contributed by atoms with Gasteiger partial charge in [0.2, 0.25) is 0 Å². The molecule has 2 N–H and O–H groups in total. The van der Waals surface area contributed by atoms with Crippen LogP contribution in [0.15, 0.2) is 36.4 Å². The van der Waals surface area contributed by atoms with Crippen LogP contribution in [0.3, 0.4) is 0 Å². The van der Waals surface area contributed by atoms with Gasteiger partial charge in [-0.15, -0.1) is 16.4 Å². The Morgan fingerprint density at radius 1 is 1.14 bits per heavy atom. The fraction of sp³-hybridized carbons (Fsp3) is 0.333. The van der Waals surface area contributed by atoms with Gasteiger partial charge < -0.3 is 18.9 Å². The number of H-pyrrole nitrogens is 1. The maximum atomic E-state index is 13.1. The molecule has 0 spiro atoms. The number of anilines is 1. The summed E-state index contributed by atoms with van der Waals surface area (Å²) >= 11 is 1.28. The van der Waals surface area contributed by atoms with Gasteiger partial charge in [0.25, 0.3) is 11.9 Å². The molecule has 1 saturated carbocycles. The summed E-state index contributed by atoms with van der Waals surface area (Å²) in [6.45, 7) is 0.254. The first-order valence-corrected chi connectivity index (χ1v) is 12.1. The Kier molecular flexibility index (Phi) is 6.66. The lowest BCUT2D eigenvalue weighted by atomic mass is 10.2. The monoisotopic (exact) mass is 495 g/mol. The minimum absolute atomic E-state index is 0.0744. The second-order valence-corrected chi connectivity index (χ2v) is 9.17. The number of aromatic amines is 1. The highest BCUT2D eigenvalue weighted by molar-refractivity contribution is 7.21. The number of nitrogens with zero attached hydrogens (tertiary/aromatic N) is 3. The largest absolute Gasteiger partial charge is 0.493 e. The summed E-state index contributed by atoms with van der Waals surface area (Å²) in [6.07, 6.45) is 4.87. The number of carbonyl (C=O) groups is 1. The number of carbonyl (C=O) groups excluding carboxylic acids is 1. The number of thiophene rings is 1. The van der Waals surface area contributed by atoms with Gasteiger partial charge in [0.05, 0.1) is 20.3 Å². The van der Waals surface area contributed by atoms with Crippen LogP contribution in [-0.2, 0) is 6.61 Å². The highest BCUT2D eigenvalue weighted by Crippen LogP contribution is 2.44. The summed E-state index contributed by atoms with van der Waals surface area (Å²) in [4.78, 5) is 13.5. The fourth-order valence-electron chi connectivity index (χ4n) is 4.13. The van der Waals surface area contributed by atoms with E-state index in [9.17, 15) is 4.79 Å². The molecule has 0 saturated heterocycles. The SMILES string of the molecule is COc1cc2sc(C(=O)Nc3nn[nH]n3)c(OCc3cccc(OC4CCCC4)c3)c2cc1OC. The topological polar surface area (TPSA) is 120 Å². The first-order chi connectivity index (χ1) is 17.1. The lowest BCUT2D eigenvalue weighted by Crippen LogP contribution is -2.13. The van der Waals surface area contributed by atoms with E-state index >= 15 is 0 Å². The molecule has 2 aromatic heterocycles. The molecule has 0 bridgehead atoms. The third-order valence-corrected chi connectivity index (χ3v) is 6.94. The first-order valence-electron chi connectivity index (χ1n) is 11.3. The van der Waals surface area contributed by atoms with Crippen molar-refractivity contribution >= 4 is 33.3 Å². The molecule has 1 aliphatic rings. The van der Waals surface area contributed by atoms with E-state index in [0.29, 0.717) is 22.1 Å². The molecule has 0 atom stereocenters. The lowest BCUT2D eigenvalue weighted by Gasteiger charge is -2.14. The number of hydrogen-bond acceptors (Lipinski definition) is 9. The van der Waals surface area contributed by atoms with E-state index in [4.69, 9.17) is 18.9 Å². The summed E-state index contributed by atoms with van der Waals surface area (Å²) in [7, 11) is 3.13. The summed E-state index contributed by atoms with van der Waals surface area (Å²) in [6, 6.07) is 11.5. The molecule has 1 fully saturated rings. The van der Waals surface area contributed by atoms with Crippen LogP contribution in [0.25, 0.3) is 10.1 Å². The summed E-state index contributed by atoms with van der Waals surface area (Å²) in [5.41, 5.74) is 0.935. The predicted octanol–water partition coefficient (Wildman–Crippen LogP) is 4.58. The van der Waals surface area contributed by atoms with E-state index in [2.05, 4.69) is 25.9 Å². The Morgan fingerprint density at radius 3 is 2.69 bits per heavy atom. The van der Waals surface area contributed by atoms with Crippen LogP contribution in [0.1, 0.15) is 40.9 Å². The number of nitrogens with one attached hydrogen (secondary N) is 2. The van der Waals surface area contributed by atoms with Gasteiger partial charge in [-0.2, -0.15) is 5.21 Å². The number of benzene rings is 2. The third kappa shape index (κ3) is 4.99. The van der Waals surface area contributed by atoms with E-state index in [-0.39, 0.29) is 18.7 Å². The molecule has 0 radical (unpaired) electrons. The maximum Gasteiger partial charge on any atom is 0.272 e. The molecule has 4 aromatic rings. The van der Waals surface area contributed by atoms with Crippen molar-refractivity contribution < 1.29 is 23.7 Å². The summed E-state index contributed by atoms with van der Waals surface area (Å²) in [5.74, 6) is 2.04. The summed E-state index contributed by atoms with van der Waals surface area (Å²) in [5, 5.41) is 16.8. The van der Waals surface area contributed by atoms with Gasteiger partial charge >= 0.3 is 0 Å². The van der Waals surface area contributed by atoms with E-state index in [1.807, 2.05) is 36.4 Å². The van der Waals surface area contributed by atoms with Crippen LogP contribution in [0.5, 0.6) is 23.0 Å². The van der Waals surface area contributed by atoms with Gasteiger partial charge in [0.15, 0.2) is 17.2 Å². The Labute approximate surface area is 205 Å². The van der Waals surface area contributed by atoms with E-state index < -0.39 is 5.91 Å². The highest BCUT2D eigenvalue weighted by Gasteiger charge is 2.23. The zero-order chi connectivity index (χ0) is 24.2.